The van der Waals surface area contributed by atoms with Crippen molar-refractivity contribution in [2.24, 2.45) is 0 Å². The lowest BCUT2D eigenvalue weighted by Crippen LogP contribution is -2.21. The van der Waals surface area contributed by atoms with Gasteiger partial charge in [-0.1, -0.05) is 6.07 Å². The topological polar surface area (TPSA) is 61.4 Å². The summed E-state index contributed by atoms with van der Waals surface area (Å²) in [4.78, 5) is 24.9. The second-order valence-corrected chi connectivity index (χ2v) is 5.95. The van der Waals surface area contributed by atoms with E-state index in [4.69, 9.17) is 0 Å². The molecule has 0 aliphatic heterocycles. The number of amides is 1. The van der Waals surface area contributed by atoms with Gasteiger partial charge in [-0.05, 0) is 37.1 Å². The molecule has 23 heavy (non-hydrogen) atoms. The van der Waals surface area contributed by atoms with E-state index in [-0.39, 0.29) is 5.91 Å². The minimum atomic E-state index is -0.169. The number of hydrogen-bond acceptors (Lipinski definition) is 5. The summed E-state index contributed by atoms with van der Waals surface area (Å²) in [6.07, 6.45) is 1.64. The largest absolute Gasteiger partial charge is 0.361 e. The summed E-state index contributed by atoms with van der Waals surface area (Å²) in [6.45, 7) is 4.02. The highest BCUT2D eigenvalue weighted by atomic mass is 16.1. The minimum absolute atomic E-state index is 0.169. The van der Waals surface area contributed by atoms with Crippen molar-refractivity contribution in [2.75, 3.05) is 43.3 Å². The summed E-state index contributed by atoms with van der Waals surface area (Å²) in [5.74, 6) is 1.09. The van der Waals surface area contributed by atoms with Crippen molar-refractivity contribution in [2.45, 2.75) is 13.8 Å². The van der Waals surface area contributed by atoms with Gasteiger partial charge in [-0.3, -0.25) is 4.79 Å². The third-order valence-corrected chi connectivity index (χ3v) is 3.60. The molecular formula is C17H23N5O. The van der Waals surface area contributed by atoms with Crippen LogP contribution in [0.5, 0.6) is 0 Å². The Morgan fingerprint density at radius 2 is 1.74 bits per heavy atom. The number of carbonyl (C=O) groups excluding carboxylic acids is 1. The number of carbonyl (C=O) groups is 1. The van der Waals surface area contributed by atoms with E-state index in [1.807, 2.05) is 70.0 Å². The van der Waals surface area contributed by atoms with Crippen LogP contribution < -0.4 is 15.1 Å². The van der Waals surface area contributed by atoms with Gasteiger partial charge in [0.2, 0.25) is 5.95 Å². The van der Waals surface area contributed by atoms with Crippen molar-refractivity contribution in [3.8, 4) is 0 Å². The summed E-state index contributed by atoms with van der Waals surface area (Å²) >= 11 is 0. The van der Waals surface area contributed by atoms with E-state index >= 15 is 0 Å². The molecule has 0 saturated carbocycles. The number of anilines is 3. The Balaban J connectivity index is 2.31. The molecule has 1 amide bonds. The first kappa shape index (κ1) is 16.7. The molecule has 2 rings (SSSR count). The zero-order valence-corrected chi connectivity index (χ0v) is 14.5. The Labute approximate surface area is 137 Å². The van der Waals surface area contributed by atoms with Gasteiger partial charge in [0.05, 0.1) is 6.20 Å². The van der Waals surface area contributed by atoms with Crippen LogP contribution in [0.3, 0.4) is 0 Å². The van der Waals surface area contributed by atoms with E-state index in [1.54, 1.807) is 6.20 Å². The van der Waals surface area contributed by atoms with Crippen LogP contribution in [0.25, 0.3) is 0 Å². The molecule has 0 aliphatic rings. The highest BCUT2D eigenvalue weighted by Crippen LogP contribution is 2.23. The number of aryl methyl sites for hydroxylation is 2. The molecule has 0 unspecified atom stereocenters. The second kappa shape index (κ2) is 6.64. The minimum Gasteiger partial charge on any atom is -0.361 e. The molecule has 0 spiro atoms. The van der Waals surface area contributed by atoms with Gasteiger partial charge in [-0.2, -0.15) is 4.98 Å². The van der Waals surface area contributed by atoms with Crippen LogP contribution in [0.1, 0.15) is 21.5 Å². The highest BCUT2D eigenvalue weighted by molar-refractivity contribution is 6.05. The average Bonchev–Trinajstić information content (AvgIpc) is 2.49. The zero-order chi connectivity index (χ0) is 17.1. The zero-order valence-electron chi connectivity index (χ0n) is 14.5. The molecule has 0 atom stereocenters. The third-order valence-electron chi connectivity index (χ3n) is 3.60. The van der Waals surface area contributed by atoms with Gasteiger partial charge in [0.15, 0.2) is 5.82 Å². The van der Waals surface area contributed by atoms with Gasteiger partial charge in [0, 0.05) is 33.8 Å². The fourth-order valence-electron chi connectivity index (χ4n) is 2.09. The summed E-state index contributed by atoms with van der Waals surface area (Å²) < 4.78 is 0. The molecule has 2 aromatic rings. The molecular weight excluding hydrogens is 290 g/mol. The van der Waals surface area contributed by atoms with Gasteiger partial charge in [-0.15, -0.1) is 0 Å². The molecule has 0 aliphatic carbocycles. The molecule has 0 bridgehead atoms. The number of hydrogen-bond donors (Lipinski definition) is 1. The molecule has 0 saturated heterocycles. The lowest BCUT2D eigenvalue weighted by atomic mass is 10.1. The highest BCUT2D eigenvalue weighted by Gasteiger charge is 2.14. The molecule has 1 aromatic carbocycles. The first-order valence-electron chi connectivity index (χ1n) is 7.40. The summed E-state index contributed by atoms with van der Waals surface area (Å²) in [7, 11) is 7.52. The SMILES string of the molecule is Cc1ccc(C(=O)Nc2cnc(N(C)C)nc2N(C)C)cc1C. The smallest absolute Gasteiger partial charge is 0.255 e. The molecule has 122 valence electrons. The van der Waals surface area contributed by atoms with E-state index in [2.05, 4.69) is 15.3 Å². The number of benzene rings is 1. The molecule has 1 N–H and O–H groups in total. The Hall–Kier alpha value is -2.63. The first-order chi connectivity index (χ1) is 10.8. The number of nitrogens with one attached hydrogen (secondary N) is 1. The number of aromatic nitrogens is 2. The lowest BCUT2D eigenvalue weighted by Gasteiger charge is -2.19. The van der Waals surface area contributed by atoms with Gasteiger partial charge < -0.3 is 15.1 Å². The van der Waals surface area contributed by atoms with Crippen LogP contribution in [-0.2, 0) is 0 Å². The van der Waals surface area contributed by atoms with Gasteiger partial charge in [0.25, 0.3) is 5.91 Å². The van der Waals surface area contributed by atoms with E-state index < -0.39 is 0 Å². The quantitative estimate of drug-likeness (QED) is 0.939. The van der Waals surface area contributed by atoms with Gasteiger partial charge in [-0.25, -0.2) is 4.98 Å². The van der Waals surface area contributed by atoms with E-state index in [9.17, 15) is 4.79 Å². The van der Waals surface area contributed by atoms with Gasteiger partial charge >= 0.3 is 0 Å². The standard InChI is InChI=1S/C17H23N5O/c1-11-7-8-13(9-12(11)2)16(23)19-14-10-18-17(22(5)6)20-15(14)21(3)4/h7-10H,1-6H3,(H,19,23). The van der Waals surface area contributed by atoms with Crippen molar-refractivity contribution in [3.63, 3.8) is 0 Å². The first-order valence-corrected chi connectivity index (χ1v) is 7.40. The van der Waals surface area contributed by atoms with Crippen LogP contribution in [0.15, 0.2) is 24.4 Å². The molecule has 6 nitrogen and oxygen atoms in total. The second-order valence-electron chi connectivity index (χ2n) is 5.95. The third kappa shape index (κ3) is 3.77. The van der Waals surface area contributed by atoms with E-state index in [0.29, 0.717) is 23.0 Å². The maximum Gasteiger partial charge on any atom is 0.255 e. The van der Waals surface area contributed by atoms with Crippen molar-refractivity contribution in [3.05, 3.63) is 41.1 Å². The lowest BCUT2D eigenvalue weighted by molar-refractivity contribution is 0.102. The van der Waals surface area contributed by atoms with Crippen molar-refractivity contribution in [1.82, 2.24) is 9.97 Å². The van der Waals surface area contributed by atoms with Gasteiger partial charge in [0.1, 0.15) is 5.69 Å². The van der Waals surface area contributed by atoms with Crippen molar-refractivity contribution < 1.29 is 4.79 Å². The van der Waals surface area contributed by atoms with E-state index in [1.165, 1.54) is 0 Å². The molecule has 6 heteroatoms. The Morgan fingerprint density at radius 3 is 2.30 bits per heavy atom. The Bertz CT molecular complexity index is 725. The maximum absolute atomic E-state index is 12.5. The number of rotatable bonds is 4. The molecule has 1 aromatic heterocycles. The fourth-order valence-corrected chi connectivity index (χ4v) is 2.09. The van der Waals surface area contributed by atoms with Crippen LogP contribution in [0, 0.1) is 13.8 Å². The maximum atomic E-state index is 12.5. The average molecular weight is 313 g/mol. The normalized spacial score (nSPS) is 10.3. The Kier molecular flexibility index (Phi) is 4.83. The molecule has 0 radical (unpaired) electrons. The van der Waals surface area contributed by atoms with Crippen LogP contribution in [0.4, 0.5) is 17.5 Å². The monoisotopic (exact) mass is 313 g/mol. The molecule has 1 heterocycles. The number of nitrogens with zero attached hydrogens (tertiary/aromatic N) is 4. The predicted molar refractivity (Wildman–Crippen MR) is 94.6 cm³/mol. The summed E-state index contributed by atoms with van der Waals surface area (Å²) in [5.41, 5.74) is 3.46. The van der Waals surface area contributed by atoms with Crippen LogP contribution >= 0.6 is 0 Å². The van der Waals surface area contributed by atoms with Crippen molar-refractivity contribution in [1.29, 1.82) is 0 Å². The van der Waals surface area contributed by atoms with Crippen molar-refractivity contribution >= 4 is 23.4 Å². The Morgan fingerprint density at radius 1 is 1.04 bits per heavy atom. The summed E-state index contributed by atoms with van der Waals surface area (Å²) in [6, 6.07) is 5.65. The van der Waals surface area contributed by atoms with Crippen LogP contribution in [0.2, 0.25) is 0 Å². The molecule has 0 fully saturated rings. The predicted octanol–water partition coefficient (Wildman–Crippen LogP) is 2.48. The van der Waals surface area contributed by atoms with Crippen LogP contribution in [-0.4, -0.2) is 44.1 Å². The summed E-state index contributed by atoms with van der Waals surface area (Å²) in [5, 5.41) is 2.90. The van der Waals surface area contributed by atoms with E-state index in [0.717, 1.165) is 11.1 Å². The fraction of sp³-hybridized carbons (Fsp3) is 0.353.